The minimum Gasteiger partial charge on any atom is -0.497 e. The van der Waals surface area contributed by atoms with E-state index in [0.717, 1.165) is 16.9 Å². The Balaban J connectivity index is 1.76. The molecule has 0 bridgehead atoms. The van der Waals surface area contributed by atoms with Gasteiger partial charge in [-0.1, -0.05) is 42.5 Å². The molecule has 0 fully saturated rings. The normalized spacial score (nSPS) is 11.7. The van der Waals surface area contributed by atoms with Crippen molar-refractivity contribution in [1.29, 1.82) is 0 Å². The van der Waals surface area contributed by atoms with Gasteiger partial charge in [-0.25, -0.2) is 0 Å². The first kappa shape index (κ1) is 16.0. The summed E-state index contributed by atoms with van der Waals surface area (Å²) in [6.07, 6.45) is 0. The molecule has 2 aromatic rings. The Morgan fingerprint density at radius 1 is 1.00 bits per heavy atom. The van der Waals surface area contributed by atoms with Crippen LogP contribution in [0.2, 0.25) is 0 Å². The van der Waals surface area contributed by atoms with Crippen LogP contribution in [0.1, 0.15) is 18.1 Å². The summed E-state index contributed by atoms with van der Waals surface area (Å²) in [5.41, 5.74) is 2.21. The van der Waals surface area contributed by atoms with Crippen LogP contribution in [0.25, 0.3) is 0 Å². The third-order valence-electron chi connectivity index (χ3n) is 3.47. The largest absolute Gasteiger partial charge is 0.497 e. The molecular formula is C18H22N2O2. The number of nitrogens with one attached hydrogen (secondary N) is 2. The highest BCUT2D eigenvalue weighted by Gasteiger charge is 2.11. The van der Waals surface area contributed by atoms with Gasteiger partial charge in [0, 0.05) is 13.1 Å². The van der Waals surface area contributed by atoms with Crippen LogP contribution in [-0.4, -0.2) is 19.1 Å². The molecule has 4 nitrogen and oxygen atoms in total. The third-order valence-corrected chi connectivity index (χ3v) is 3.47. The van der Waals surface area contributed by atoms with Gasteiger partial charge in [0.1, 0.15) is 5.75 Å². The first-order chi connectivity index (χ1) is 10.7. The minimum absolute atomic E-state index is 0.00764. The van der Waals surface area contributed by atoms with Crippen LogP contribution in [0.4, 0.5) is 0 Å². The van der Waals surface area contributed by atoms with Gasteiger partial charge in [-0.15, -0.1) is 0 Å². The molecule has 1 atom stereocenters. The second-order valence-electron chi connectivity index (χ2n) is 5.15. The molecule has 0 unspecified atom stereocenters. The molecule has 2 N–H and O–H groups in total. The summed E-state index contributed by atoms with van der Waals surface area (Å²) < 4.78 is 5.11. The number of amides is 1. The lowest BCUT2D eigenvalue weighted by molar-refractivity contribution is -0.122. The zero-order valence-electron chi connectivity index (χ0n) is 13.0. The molecule has 2 aromatic carbocycles. The number of ether oxygens (including phenoxy) is 1. The molecule has 4 heteroatoms. The third kappa shape index (κ3) is 4.90. The van der Waals surface area contributed by atoms with Gasteiger partial charge in [-0.05, 0) is 30.2 Å². The quantitative estimate of drug-likeness (QED) is 0.825. The van der Waals surface area contributed by atoms with Crippen molar-refractivity contribution < 1.29 is 9.53 Å². The molecule has 0 saturated carbocycles. The zero-order chi connectivity index (χ0) is 15.8. The van der Waals surface area contributed by atoms with E-state index in [1.807, 2.05) is 61.5 Å². The van der Waals surface area contributed by atoms with Crippen molar-refractivity contribution in [1.82, 2.24) is 10.6 Å². The van der Waals surface area contributed by atoms with Crippen LogP contribution in [-0.2, 0) is 17.9 Å². The second-order valence-corrected chi connectivity index (χ2v) is 5.15. The lowest BCUT2D eigenvalue weighted by atomic mass is 10.2. The van der Waals surface area contributed by atoms with Crippen LogP contribution < -0.4 is 15.4 Å². The Morgan fingerprint density at radius 2 is 1.64 bits per heavy atom. The SMILES string of the molecule is COc1ccc(CNC(=O)[C@H](C)NCc2ccccc2)cc1. The van der Waals surface area contributed by atoms with Crippen molar-refractivity contribution in [3.05, 3.63) is 65.7 Å². The van der Waals surface area contributed by atoms with E-state index in [4.69, 9.17) is 4.74 Å². The fourth-order valence-electron chi connectivity index (χ4n) is 2.05. The Bertz CT molecular complexity index is 582. The van der Waals surface area contributed by atoms with Crippen LogP contribution in [0.3, 0.4) is 0 Å². The van der Waals surface area contributed by atoms with Gasteiger partial charge in [-0.3, -0.25) is 4.79 Å². The summed E-state index contributed by atoms with van der Waals surface area (Å²) in [4.78, 5) is 12.1. The van der Waals surface area contributed by atoms with Gasteiger partial charge in [0.25, 0.3) is 0 Å². The van der Waals surface area contributed by atoms with Gasteiger partial charge in [0.05, 0.1) is 13.2 Å². The van der Waals surface area contributed by atoms with Gasteiger partial charge in [0.2, 0.25) is 5.91 Å². The number of methoxy groups -OCH3 is 1. The number of carbonyl (C=O) groups excluding carboxylic acids is 1. The molecule has 0 aromatic heterocycles. The van der Waals surface area contributed by atoms with Crippen LogP contribution in [0.15, 0.2) is 54.6 Å². The summed E-state index contributed by atoms with van der Waals surface area (Å²) in [7, 11) is 1.64. The molecule has 0 saturated heterocycles. The topological polar surface area (TPSA) is 50.4 Å². The Morgan fingerprint density at radius 3 is 2.27 bits per heavy atom. The summed E-state index contributed by atoms with van der Waals surface area (Å²) in [5, 5.41) is 6.15. The molecule has 0 heterocycles. The molecule has 0 aliphatic carbocycles. The maximum absolute atomic E-state index is 12.1. The lowest BCUT2D eigenvalue weighted by Crippen LogP contribution is -2.41. The van der Waals surface area contributed by atoms with Crippen LogP contribution in [0, 0.1) is 0 Å². The predicted octanol–water partition coefficient (Wildman–Crippen LogP) is 2.49. The molecular weight excluding hydrogens is 276 g/mol. The van der Waals surface area contributed by atoms with E-state index in [2.05, 4.69) is 10.6 Å². The first-order valence-electron chi connectivity index (χ1n) is 7.37. The van der Waals surface area contributed by atoms with Crippen molar-refractivity contribution in [2.24, 2.45) is 0 Å². The number of hydrogen-bond acceptors (Lipinski definition) is 3. The summed E-state index contributed by atoms with van der Waals surface area (Å²) in [6.45, 7) is 3.06. The van der Waals surface area contributed by atoms with Gasteiger partial charge in [0.15, 0.2) is 0 Å². The van der Waals surface area contributed by atoms with Crippen molar-refractivity contribution in [2.45, 2.75) is 26.1 Å². The first-order valence-corrected chi connectivity index (χ1v) is 7.37. The van der Waals surface area contributed by atoms with Crippen molar-refractivity contribution in [2.75, 3.05) is 7.11 Å². The molecule has 0 aliphatic rings. The number of hydrogen-bond donors (Lipinski definition) is 2. The Labute approximate surface area is 131 Å². The number of carbonyl (C=O) groups is 1. The fraction of sp³-hybridized carbons (Fsp3) is 0.278. The van der Waals surface area contributed by atoms with E-state index in [0.29, 0.717) is 13.1 Å². The summed E-state index contributed by atoms with van der Waals surface area (Å²) in [5.74, 6) is 0.805. The van der Waals surface area contributed by atoms with E-state index in [1.165, 1.54) is 0 Å². The van der Waals surface area contributed by atoms with E-state index < -0.39 is 0 Å². The lowest BCUT2D eigenvalue weighted by Gasteiger charge is -2.14. The minimum atomic E-state index is -0.238. The number of rotatable bonds is 7. The van der Waals surface area contributed by atoms with Crippen molar-refractivity contribution in [3.63, 3.8) is 0 Å². The van der Waals surface area contributed by atoms with E-state index in [-0.39, 0.29) is 11.9 Å². The monoisotopic (exact) mass is 298 g/mol. The van der Waals surface area contributed by atoms with Gasteiger partial charge >= 0.3 is 0 Å². The van der Waals surface area contributed by atoms with E-state index >= 15 is 0 Å². The maximum atomic E-state index is 12.1. The van der Waals surface area contributed by atoms with Gasteiger partial charge in [-0.2, -0.15) is 0 Å². The molecule has 116 valence electrons. The highest BCUT2D eigenvalue weighted by molar-refractivity contribution is 5.81. The van der Waals surface area contributed by atoms with Gasteiger partial charge < -0.3 is 15.4 Å². The average Bonchev–Trinajstić information content (AvgIpc) is 2.58. The van der Waals surface area contributed by atoms with E-state index in [9.17, 15) is 4.79 Å². The average molecular weight is 298 g/mol. The molecule has 1 amide bonds. The van der Waals surface area contributed by atoms with Crippen molar-refractivity contribution >= 4 is 5.91 Å². The van der Waals surface area contributed by atoms with E-state index in [1.54, 1.807) is 7.11 Å². The molecule has 22 heavy (non-hydrogen) atoms. The Kier molecular flexibility index (Phi) is 5.98. The maximum Gasteiger partial charge on any atom is 0.237 e. The summed E-state index contributed by atoms with van der Waals surface area (Å²) >= 11 is 0. The van der Waals surface area contributed by atoms with Crippen molar-refractivity contribution in [3.8, 4) is 5.75 Å². The molecule has 0 radical (unpaired) electrons. The fourth-order valence-corrected chi connectivity index (χ4v) is 2.05. The van der Waals surface area contributed by atoms with Crippen LogP contribution in [0.5, 0.6) is 5.75 Å². The highest BCUT2D eigenvalue weighted by atomic mass is 16.5. The number of benzene rings is 2. The summed E-state index contributed by atoms with van der Waals surface area (Å²) in [6, 6.07) is 17.5. The molecule has 0 aliphatic heterocycles. The smallest absolute Gasteiger partial charge is 0.237 e. The molecule has 0 spiro atoms. The second kappa shape index (κ2) is 8.20. The van der Waals surface area contributed by atoms with Crippen LogP contribution >= 0.6 is 0 Å². The molecule has 2 rings (SSSR count). The highest BCUT2D eigenvalue weighted by Crippen LogP contribution is 2.10. The standard InChI is InChI=1S/C18H22N2O2/c1-14(19-12-15-6-4-3-5-7-15)18(21)20-13-16-8-10-17(22-2)11-9-16/h3-11,14,19H,12-13H2,1-2H3,(H,20,21)/t14-/m0/s1. The Hall–Kier alpha value is -2.33. The zero-order valence-corrected chi connectivity index (χ0v) is 13.0. The predicted molar refractivity (Wildman–Crippen MR) is 87.6 cm³/mol.